The molecule has 20 heavy (non-hydrogen) atoms. The third kappa shape index (κ3) is 2.72. The fourth-order valence-corrected chi connectivity index (χ4v) is 2.28. The van der Waals surface area contributed by atoms with Crippen molar-refractivity contribution in [1.29, 1.82) is 0 Å². The Morgan fingerprint density at radius 1 is 1.55 bits per heavy atom. The van der Waals surface area contributed by atoms with Gasteiger partial charge < -0.3 is 15.2 Å². The summed E-state index contributed by atoms with van der Waals surface area (Å²) < 4.78 is 5.42. The summed E-state index contributed by atoms with van der Waals surface area (Å²) in [6.45, 7) is 4.14. The first kappa shape index (κ1) is 14.3. The number of nitrogens with one attached hydrogen (secondary N) is 1. The zero-order valence-electron chi connectivity index (χ0n) is 11.3. The van der Waals surface area contributed by atoms with Gasteiger partial charge in [0.15, 0.2) is 0 Å². The van der Waals surface area contributed by atoms with Gasteiger partial charge in [0.1, 0.15) is 0 Å². The molecule has 1 aliphatic heterocycles. The molecule has 1 aliphatic rings. The Hall–Kier alpha value is -2.15. The van der Waals surface area contributed by atoms with Gasteiger partial charge in [0, 0.05) is 23.9 Å². The summed E-state index contributed by atoms with van der Waals surface area (Å²) in [6, 6.07) is 2.53. The number of carboxylic acids is 1. The maximum Gasteiger partial charge on any atom is 0.336 e. The number of nitro groups is 1. The van der Waals surface area contributed by atoms with E-state index in [1.807, 2.05) is 6.92 Å². The van der Waals surface area contributed by atoms with Crippen LogP contribution in [0, 0.1) is 17.0 Å². The normalized spacial score (nSPS) is 21.7. The maximum absolute atomic E-state index is 11.1. The molecule has 1 heterocycles. The van der Waals surface area contributed by atoms with Gasteiger partial charge in [-0.2, -0.15) is 0 Å². The zero-order valence-corrected chi connectivity index (χ0v) is 11.3. The highest BCUT2D eigenvalue weighted by atomic mass is 16.6. The fourth-order valence-electron chi connectivity index (χ4n) is 2.28. The smallest absolute Gasteiger partial charge is 0.336 e. The quantitative estimate of drug-likeness (QED) is 0.647. The van der Waals surface area contributed by atoms with Crippen molar-refractivity contribution in [3.05, 3.63) is 33.4 Å². The third-order valence-electron chi connectivity index (χ3n) is 3.54. The Balaban J connectivity index is 2.40. The molecule has 0 saturated carbocycles. The molecule has 1 fully saturated rings. The van der Waals surface area contributed by atoms with E-state index in [1.54, 1.807) is 6.92 Å². The lowest BCUT2D eigenvalue weighted by Gasteiger charge is -2.19. The first-order valence-electron chi connectivity index (χ1n) is 6.30. The van der Waals surface area contributed by atoms with Crippen molar-refractivity contribution >= 4 is 17.3 Å². The van der Waals surface area contributed by atoms with Crippen LogP contribution in [0.15, 0.2) is 12.1 Å². The van der Waals surface area contributed by atoms with Gasteiger partial charge in [0.25, 0.3) is 5.69 Å². The number of carboxylic acid groups (broad SMARTS) is 1. The Morgan fingerprint density at radius 3 is 2.75 bits per heavy atom. The van der Waals surface area contributed by atoms with E-state index >= 15 is 0 Å². The van der Waals surface area contributed by atoms with Crippen LogP contribution in [0.3, 0.4) is 0 Å². The van der Waals surface area contributed by atoms with E-state index in [4.69, 9.17) is 9.84 Å². The number of anilines is 1. The fraction of sp³-hybridized carbons (Fsp3) is 0.462. The number of ether oxygens (including phenoxy) is 1. The van der Waals surface area contributed by atoms with Crippen LogP contribution < -0.4 is 5.32 Å². The van der Waals surface area contributed by atoms with Crippen LogP contribution in [0.1, 0.15) is 29.3 Å². The van der Waals surface area contributed by atoms with Crippen molar-refractivity contribution in [3.8, 4) is 0 Å². The van der Waals surface area contributed by atoms with Gasteiger partial charge in [-0.05, 0) is 26.3 Å². The molecule has 2 unspecified atom stereocenters. The number of nitrogens with zero attached hydrogens (tertiary/aromatic N) is 1. The van der Waals surface area contributed by atoms with Crippen molar-refractivity contribution in [2.75, 3.05) is 11.9 Å². The van der Waals surface area contributed by atoms with E-state index in [0.717, 1.165) is 12.5 Å². The third-order valence-corrected chi connectivity index (χ3v) is 3.54. The van der Waals surface area contributed by atoms with E-state index in [2.05, 4.69) is 5.32 Å². The second kappa shape index (κ2) is 5.46. The lowest BCUT2D eigenvalue weighted by molar-refractivity contribution is -0.385. The molecule has 2 N–H and O–H groups in total. The molecule has 7 nitrogen and oxygen atoms in total. The van der Waals surface area contributed by atoms with Crippen LogP contribution in [0.5, 0.6) is 0 Å². The number of hydrogen-bond donors (Lipinski definition) is 2. The Morgan fingerprint density at radius 2 is 2.25 bits per heavy atom. The van der Waals surface area contributed by atoms with E-state index in [1.165, 1.54) is 6.07 Å². The minimum atomic E-state index is -1.19. The summed E-state index contributed by atoms with van der Waals surface area (Å²) in [5.41, 5.74) is 0.605. The van der Waals surface area contributed by atoms with Crippen molar-refractivity contribution in [3.63, 3.8) is 0 Å². The SMILES string of the molecule is Cc1c(NC2CCOC2C)cc(C(=O)O)cc1[N+](=O)[O-]. The average Bonchev–Trinajstić information content (AvgIpc) is 2.76. The Labute approximate surface area is 115 Å². The molecule has 1 aromatic rings. The predicted octanol–water partition coefficient (Wildman–Crippen LogP) is 2.19. The van der Waals surface area contributed by atoms with Gasteiger partial charge in [0.05, 0.1) is 22.6 Å². The average molecular weight is 280 g/mol. The Bertz CT molecular complexity index is 558. The molecule has 0 bridgehead atoms. The van der Waals surface area contributed by atoms with Gasteiger partial charge in [-0.3, -0.25) is 10.1 Å². The van der Waals surface area contributed by atoms with Crippen molar-refractivity contribution in [2.45, 2.75) is 32.4 Å². The van der Waals surface area contributed by atoms with Crippen molar-refractivity contribution < 1.29 is 19.6 Å². The highest BCUT2D eigenvalue weighted by molar-refractivity contribution is 5.90. The molecular weight excluding hydrogens is 264 g/mol. The first-order valence-corrected chi connectivity index (χ1v) is 6.30. The molecule has 108 valence electrons. The second-order valence-electron chi connectivity index (χ2n) is 4.85. The molecule has 0 aromatic heterocycles. The van der Waals surface area contributed by atoms with Crippen LogP contribution in [-0.4, -0.2) is 34.8 Å². The van der Waals surface area contributed by atoms with Gasteiger partial charge >= 0.3 is 5.97 Å². The van der Waals surface area contributed by atoms with Crippen molar-refractivity contribution in [1.82, 2.24) is 0 Å². The molecule has 0 aliphatic carbocycles. The first-order chi connectivity index (χ1) is 9.40. The largest absolute Gasteiger partial charge is 0.478 e. The van der Waals surface area contributed by atoms with Crippen LogP contribution >= 0.6 is 0 Å². The molecular formula is C13H16N2O5. The lowest BCUT2D eigenvalue weighted by atomic mass is 10.1. The van der Waals surface area contributed by atoms with Gasteiger partial charge in [0.2, 0.25) is 0 Å². The number of nitro benzene ring substituents is 1. The number of benzene rings is 1. The maximum atomic E-state index is 11.1. The molecule has 7 heteroatoms. The standard InChI is InChI=1S/C13H16N2O5/c1-7-11(14-10-3-4-20-8(10)2)5-9(13(16)17)6-12(7)15(18)19/h5-6,8,10,14H,3-4H2,1-2H3,(H,16,17). The summed E-state index contributed by atoms with van der Waals surface area (Å²) in [7, 11) is 0. The summed E-state index contributed by atoms with van der Waals surface area (Å²) in [5, 5.41) is 23.2. The summed E-state index contributed by atoms with van der Waals surface area (Å²) in [4.78, 5) is 21.5. The topological polar surface area (TPSA) is 102 Å². The molecule has 1 saturated heterocycles. The molecule has 0 radical (unpaired) electrons. The summed E-state index contributed by atoms with van der Waals surface area (Å²) in [5.74, 6) is -1.19. The van der Waals surface area contributed by atoms with Gasteiger partial charge in [-0.25, -0.2) is 4.79 Å². The molecule has 0 amide bonds. The number of carbonyl (C=O) groups is 1. The second-order valence-corrected chi connectivity index (χ2v) is 4.85. The molecule has 2 rings (SSSR count). The number of hydrogen-bond acceptors (Lipinski definition) is 5. The van der Waals surface area contributed by atoms with E-state index < -0.39 is 10.9 Å². The van der Waals surface area contributed by atoms with E-state index in [9.17, 15) is 14.9 Å². The van der Waals surface area contributed by atoms with Crippen LogP contribution in [0.2, 0.25) is 0 Å². The van der Waals surface area contributed by atoms with E-state index in [-0.39, 0.29) is 23.4 Å². The lowest BCUT2D eigenvalue weighted by Crippen LogP contribution is -2.27. The Kier molecular flexibility index (Phi) is 3.89. The number of rotatable bonds is 4. The minimum absolute atomic E-state index is 0.0121. The highest BCUT2D eigenvalue weighted by Gasteiger charge is 2.26. The summed E-state index contributed by atoms with van der Waals surface area (Å²) >= 11 is 0. The summed E-state index contributed by atoms with van der Waals surface area (Å²) in [6.07, 6.45) is 0.771. The highest BCUT2D eigenvalue weighted by Crippen LogP contribution is 2.30. The zero-order chi connectivity index (χ0) is 14.9. The van der Waals surface area contributed by atoms with Crippen LogP contribution in [0.4, 0.5) is 11.4 Å². The molecule has 0 spiro atoms. The van der Waals surface area contributed by atoms with Gasteiger partial charge in [-0.1, -0.05) is 0 Å². The van der Waals surface area contributed by atoms with Gasteiger partial charge in [-0.15, -0.1) is 0 Å². The van der Waals surface area contributed by atoms with Crippen LogP contribution in [0.25, 0.3) is 0 Å². The van der Waals surface area contributed by atoms with Crippen LogP contribution in [-0.2, 0) is 4.74 Å². The van der Waals surface area contributed by atoms with E-state index in [0.29, 0.717) is 17.9 Å². The predicted molar refractivity (Wildman–Crippen MR) is 72.2 cm³/mol. The van der Waals surface area contributed by atoms with Crippen molar-refractivity contribution in [2.24, 2.45) is 0 Å². The minimum Gasteiger partial charge on any atom is -0.478 e. The molecule has 2 atom stereocenters. The monoisotopic (exact) mass is 280 g/mol. The molecule has 1 aromatic carbocycles. The number of aromatic carboxylic acids is 1.